The molecule has 1 aliphatic carbocycles. The van der Waals surface area contributed by atoms with E-state index in [2.05, 4.69) is 10.2 Å². The Labute approximate surface area is 96.3 Å². The van der Waals surface area contributed by atoms with E-state index in [1.54, 1.807) is 0 Å². The van der Waals surface area contributed by atoms with E-state index in [4.69, 9.17) is 4.74 Å². The topological polar surface area (TPSA) is 24.5 Å². The molecule has 2 saturated heterocycles. The van der Waals surface area contributed by atoms with Gasteiger partial charge in [0.25, 0.3) is 0 Å². The van der Waals surface area contributed by atoms with Gasteiger partial charge in [-0.05, 0) is 18.9 Å². The summed E-state index contributed by atoms with van der Waals surface area (Å²) in [4.78, 5) is 2.31. The number of likely N-dealkylation sites (tertiary alicyclic amines) is 1. The number of hydrogen-bond acceptors (Lipinski definition) is 3. The molecule has 2 unspecified atom stereocenters. The molecule has 0 aromatic carbocycles. The maximum absolute atomic E-state index is 14.4. The van der Waals surface area contributed by atoms with E-state index in [1.807, 2.05) is 7.05 Å². The molecule has 92 valence electrons. The van der Waals surface area contributed by atoms with Crippen LogP contribution in [0.1, 0.15) is 12.8 Å². The van der Waals surface area contributed by atoms with Crippen molar-refractivity contribution in [1.82, 2.24) is 10.2 Å². The number of halogens is 1. The molecule has 1 N–H and O–H groups in total. The average Bonchev–Trinajstić information content (AvgIpc) is 2.74. The third kappa shape index (κ3) is 1.87. The van der Waals surface area contributed by atoms with Crippen LogP contribution < -0.4 is 5.32 Å². The molecule has 3 fully saturated rings. The van der Waals surface area contributed by atoms with Gasteiger partial charge >= 0.3 is 0 Å². The van der Waals surface area contributed by atoms with E-state index in [0.29, 0.717) is 38.6 Å². The van der Waals surface area contributed by atoms with E-state index >= 15 is 0 Å². The van der Waals surface area contributed by atoms with E-state index < -0.39 is 5.67 Å². The molecule has 2 atom stereocenters. The first-order valence-corrected chi connectivity index (χ1v) is 6.38. The molecular formula is C12H21FN2O. The minimum absolute atomic E-state index is 0.578. The van der Waals surface area contributed by atoms with E-state index in [1.165, 1.54) is 0 Å². The number of piperidine rings is 1. The van der Waals surface area contributed by atoms with Gasteiger partial charge in [-0.15, -0.1) is 0 Å². The van der Waals surface area contributed by atoms with Gasteiger partial charge in [0, 0.05) is 51.7 Å². The Bertz CT molecular complexity index is 256. The smallest absolute Gasteiger partial charge is 0.128 e. The van der Waals surface area contributed by atoms with Crippen molar-refractivity contribution in [3.8, 4) is 0 Å². The van der Waals surface area contributed by atoms with E-state index in [-0.39, 0.29) is 0 Å². The summed E-state index contributed by atoms with van der Waals surface area (Å²) >= 11 is 0. The number of alkyl halides is 1. The van der Waals surface area contributed by atoms with Gasteiger partial charge in [0.1, 0.15) is 5.67 Å². The summed E-state index contributed by atoms with van der Waals surface area (Å²) in [5.41, 5.74) is -0.982. The second-order valence-corrected chi connectivity index (χ2v) is 5.60. The van der Waals surface area contributed by atoms with Gasteiger partial charge < -0.3 is 10.1 Å². The van der Waals surface area contributed by atoms with Crippen molar-refractivity contribution >= 4 is 0 Å². The second kappa shape index (κ2) is 3.93. The Balaban J connectivity index is 1.50. The molecule has 0 radical (unpaired) electrons. The van der Waals surface area contributed by atoms with E-state index in [9.17, 15) is 4.39 Å². The van der Waals surface area contributed by atoms with Crippen molar-refractivity contribution in [2.45, 2.75) is 24.6 Å². The van der Waals surface area contributed by atoms with Crippen LogP contribution in [0.25, 0.3) is 0 Å². The first kappa shape index (κ1) is 10.9. The minimum atomic E-state index is -0.982. The summed E-state index contributed by atoms with van der Waals surface area (Å²) < 4.78 is 19.6. The fraction of sp³-hybridized carbons (Fsp3) is 1.00. The van der Waals surface area contributed by atoms with E-state index in [0.717, 1.165) is 24.9 Å². The molecule has 3 nitrogen and oxygen atoms in total. The minimum Gasteiger partial charge on any atom is -0.381 e. The summed E-state index contributed by atoms with van der Waals surface area (Å²) in [5, 5.41) is 3.33. The predicted molar refractivity (Wildman–Crippen MR) is 60.2 cm³/mol. The Hall–Kier alpha value is -0.190. The first-order valence-electron chi connectivity index (χ1n) is 6.38. The molecule has 3 rings (SSSR count). The van der Waals surface area contributed by atoms with Crippen LogP contribution in [0.4, 0.5) is 4.39 Å². The van der Waals surface area contributed by atoms with Crippen LogP contribution in [0.3, 0.4) is 0 Å². The van der Waals surface area contributed by atoms with Gasteiger partial charge in [0.05, 0.1) is 0 Å². The lowest BCUT2D eigenvalue weighted by Crippen LogP contribution is -2.44. The summed E-state index contributed by atoms with van der Waals surface area (Å²) in [5.74, 6) is 1.57. The van der Waals surface area contributed by atoms with Crippen LogP contribution in [0.2, 0.25) is 0 Å². The molecule has 0 amide bonds. The van der Waals surface area contributed by atoms with Gasteiger partial charge in [-0.3, -0.25) is 4.90 Å². The van der Waals surface area contributed by atoms with Crippen LogP contribution in [0.15, 0.2) is 0 Å². The van der Waals surface area contributed by atoms with Crippen molar-refractivity contribution in [2.75, 3.05) is 39.9 Å². The predicted octanol–water partition coefficient (Wildman–Crippen LogP) is 0.655. The molecule has 0 bridgehead atoms. The second-order valence-electron chi connectivity index (χ2n) is 5.60. The highest BCUT2D eigenvalue weighted by atomic mass is 19.1. The summed E-state index contributed by atoms with van der Waals surface area (Å²) in [7, 11) is 2.03. The molecule has 2 aliphatic heterocycles. The Morgan fingerprint density at radius 2 is 1.94 bits per heavy atom. The maximum atomic E-state index is 14.4. The Kier molecular flexibility index (Phi) is 2.68. The molecule has 0 aromatic heterocycles. The van der Waals surface area contributed by atoms with Crippen LogP contribution in [-0.4, -0.2) is 56.5 Å². The quantitative estimate of drug-likeness (QED) is 0.768. The fourth-order valence-electron chi connectivity index (χ4n) is 3.47. The van der Waals surface area contributed by atoms with Crippen LogP contribution in [0, 0.1) is 11.8 Å². The molecule has 0 spiro atoms. The molecule has 3 aliphatic rings. The van der Waals surface area contributed by atoms with Gasteiger partial charge in [-0.25, -0.2) is 4.39 Å². The van der Waals surface area contributed by atoms with Crippen LogP contribution in [-0.2, 0) is 4.74 Å². The zero-order valence-corrected chi connectivity index (χ0v) is 9.92. The number of hydrogen-bond donors (Lipinski definition) is 1. The number of ether oxygens (including phenoxy) is 1. The number of nitrogens with zero attached hydrogens (tertiary/aromatic N) is 1. The van der Waals surface area contributed by atoms with Crippen molar-refractivity contribution in [3.63, 3.8) is 0 Å². The zero-order chi connectivity index (χ0) is 11.2. The lowest BCUT2D eigenvalue weighted by atomic mass is 9.96. The number of nitrogens with one attached hydrogen (secondary N) is 1. The van der Waals surface area contributed by atoms with Gasteiger partial charge in [0.15, 0.2) is 0 Å². The fourth-order valence-corrected chi connectivity index (χ4v) is 3.47. The van der Waals surface area contributed by atoms with Crippen molar-refractivity contribution in [3.05, 3.63) is 0 Å². The lowest BCUT2D eigenvalue weighted by Gasteiger charge is -2.34. The zero-order valence-electron chi connectivity index (χ0n) is 9.92. The first-order chi connectivity index (χ1) is 7.72. The maximum Gasteiger partial charge on any atom is 0.128 e. The normalized spacial score (nSPS) is 42.0. The molecule has 4 heteroatoms. The Morgan fingerprint density at radius 3 is 2.50 bits per heavy atom. The summed E-state index contributed by atoms with van der Waals surface area (Å²) in [6.45, 7) is 3.98. The lowest BCUT2D eigenvalue weighted by molar-refractivity contribution is -0.0256. The van der Waals surface area contributed by atoms with Gasteiger partial charge in [-0.2, -0.15) is 0 Å². The molecule has 1 saturated carbocycles. The summed E-state index contributed by atoms with van der Waals surface area (Å²) in [6, 6.07) is 0.710. The highest BCUT2D eigenvalue weighted by Crippen LogP contribution is 2.46. The third-order valence-electron chi connectivity index (χ3n) is 4.50. The average molecular weight is 228 g/mol. The van der Waals surface area contributed by atoms with Crippen molar-refractivity contribution < 1.29 is 9.13 Å². The SMILES string of the molecule is CNC1C2CN(CC3(F)CCOCC3)CC21. The standard InChI is InChI=1S/C12H21FN2O/c1-14-11-9-6-15(7-10(9)11)8-12(13)2-4-16-5-3-12/h9-11,14H,2-8H2,1H3. The Morgan fingerprint density at radius 1 is 1.31 bits per heavy atom. The number of rotatable bonds is 3. The third-order valence-corrected chi connectivity index (χ3v) is 4.50. The molecule has 16 heavy (non-hydrogen) atoms. The monoisotopic (exact) mass is 228 g/mol. The highest BCUT2D eigenvalue weighted by molar-refractivity contribution is 5.10. The molecule has 2 heterocycles. The largest absolute Gasteiger partial charge is 0.381 e. The van der Waals surface area contributed by atoms with Crippen LogP contribution in [0.5, 0.6) is 0 Å². The summed E-state index contributed by atoms with van der Waals surface area (Å²) in [6.07, 6.45) is 1.16. The van der Waals surface area contributed by atoms with Crippen molar-refractivity contribution in [2.24, 2.45) is 11.8 Å². The van der Waals surface area contributed by atoms with Gasteiger partial charge in [0.2, 0.25) is 0 Å². The molecule has 0 aromatic rings. The molecular weight excluding hydrogens is 207 g/mol. The van der Waals surface area contributed by atoms with Crippen LogP contribution >= 0.6 is 0 Å². The van der Waals surface area contributed by atoms with Crippen molar-refractivity contribution in [1.29, 1.82) is 0 Å². The van der Waals surface area contributed by atoms with Gasteiger partial charge in [-0.1, -0.05) is 0 Å². The highest BCUT2D eigenvalue weighted by Gasteiger charge is 2.55. The number of fused-ring (bicyclic) bond motifs is 1.